The number of nitrogens with one attached hydrogen (secondary N) is 1. The Hall–Kier alpha value is -1.88. The molecule has 1 aliphatic rings. The molecular weight excluding hydrogens is 346 g/mol. The molecule has 1 unspecified atom stereocenters. The summed E-state index contributed by atoms with van der Waals surface area (Å²) in [6.07, 6.45) is 2.47. The van der Waals surface area contributed by atoms with Crippen LogP contribution < -0.4 is 11.1 Å². The lowest BCUT2D eigenvalue weighted by Gasteiger charge is -2.28. The van der Waals surface area contributed by atoms with Gasteiger partial charge in [0.1, 0.15) is 0 Å². The van der Waals surface area contributed by atoms with Crippen molar-refractivity contribution in [3.05, 3.63) is 70.8 Å². The van der Waals surface area contributed by atoms with E-state index in [2.05, 4.69) is 41.4 Å². The molecule has 140 valence electrons. The third kappa shape index (κ3) is 5.07. The summed E-state index contributed by atoms with van der Waals surface area (Å²) < 4.78 is 0. The van der Waals surface area contributed by atoms with Crippen molar-refractivity contribution < 1.29 is 4.79 Å². The van der Waals surface area contributed by atoms with Gasteiger partial charge in [-0.25, -0.2) is 0 Å². The molecule has 1 atom stereocenters. The molecule has 5 heteroatoms. The molecule has 2 aromatic carbocycles. The Morgan fingerprint density at radius 2 is 1.69 bits per heavy atom. The van der Waals surface area contributed by atoms with Gasteiger partial charge in [0.25, 0.3) is 5.91 Å². The summed E-state index contributed by atoms with van der Waals surface area (Å²) in [5.74, 6) is -0.0279. The molecule has 2 aromatic rings. The van der Waals surface area contributed by atoms with Crippen LogP contribution in [0.5, 0.6) is 0 Å². The Labute approximate surface area is 162 Å². The van der Waals surface area contributed by atoms with Gasteiger partial charge in [0.2, 0.25) is 0 Å². The van der Waals surface area contributed by atoms with E-state index in [1.54, 1.807) is 0 Å². The van der Waals surface area contributed by atoms with Gasteiger partial charge in [-0.1, -0.05) is 42.0 Å². The van der Waals surface area contributed by atoms with Crippen LogP contribution in [0.15, 0.2) is 48.5 Å². The first-order valence-corrected chi connectivity index (χ1v) is 9.05. The van der Waals surface area contributed by atoms with E-state index >= 15 is 0 Å². The number of nitrogens with zero attached hydrogens (tertiary/aromatic N) is 1. The first kappa shape index (κ1) is 20.4. The van der Waals surface area contributed by atoms with E-state index in [9.17, 15) is 4.79 Å². The standard InChI is InChI=1S/C21H27N3O.ClH/c1-16-4-8-18(9-5-16)20(24-12-2-3-13-24)15-23-21(25)19-10-6-17(14-22)7-11-19;/h4-11,20H,2-3,12-15,22H2,1H3,(H,23,25);1H. The lowest BCUT2D eigenvalue weighted by atomic mass is 10.0. The monoisotopic (exact) mass is 373 g/mol. The number of nitrogens with two attached hydrogens (primary N) is 1. The van der Waals surface area contributed by atoms with Gasteiger partial charge in [-0.05, 0) is 56.1 Å². The minimum absolute atomic E-state index is 0. The van der Waals surface area contributed by atoms with Crippen molar-refractivity contribution >= 4 is 18.3 Å². The third-order valence-electron chi connectivity index (χ3n) is 4.95. The van der Waals surface area contributed by atoms with Crippen molar-refractivity contribution in [2.45, 2.75) is 32.4 Å². The number of amides is 1. The highest BCUT2D eigenvalue weighted by atomic mass is 35.5. The molecular formula is C21H28ClN3O. The lowest BCUT2D eigenvalue weighted by molar-refractivity contribution is 0.0938. The van der Waals surface area contributed by atoms with Gasteiger partial charge in [-0.2, -0.15) is 0 Å². The van der Waals surface area contributed by atoms with Crippen LogP contribution in [-0.2, 0) is 6.54 Å². The number of benzene rings is 2. The molecule has 0 aliphatic carbocycles. The first-order valence-electron chi connectivity index (χ1n) is 9.05. The van der Waals surface area contributed by atoms with E-state index < -0.39 is 0 Å². The highest BCUT2D eigenvalue weighted by Gasteiger charge is 2.24. The smallest absolute Gasteiger partial charge is 0.251 e. The fraction of sp³-hybridized carbons (Fsp3) is 0.381. The van der Waals surface area contributed by atoms with Gasteiger partial charge in [0, 0.05) is 18.7 Å². The number of rotatable bonds is 6. The second kappa shape index (κ2) is 9.72. The zero-order chi connectivity index (χ0) is 17.6. The van der Waals surface area contributed by atoms with E-state index in [-0.39, 0.29) is 24.4 Å². The molecule has 1 aliphatic heterocycles. The van der Waals surface area contributed by atoms with Crippen LogP contribution in [0.2, 0.25) is 0 Å². The van der Waals surface area contributed by atoms with Gasteiger partial charge in [0.05, 0.1) is 6.04 Å². The number of carbonyl (C=O) groups is 1. The maximum Gasteiger partial charge on any atom is 0.251 e. The largest absolute Gasteiger partial charge is 0.350 e. The van der Waals surface area contributed by atoms with Crippen molar-refractivity contribution in [3.63, 3.8) is 0 Å². The summed E-state index contributed by atoms with van der Waals surface area (Å²) in [6, 6.07) is 16.4. The molecule has 0 spiro atoms. The number of hydrogen-bond donors (Lipinski definition) is 2. The van der Waals surface area contributed by atoms with Gasteiger partial charge < -0.3 is 11.1 Å². The number of likely N-dealkylation sites (tertiary alicyclic amines) is 1. The molecule has 0 saturated carbocycles. The zero-order valence-corrected chi connectivity index (χ0v) is 16.1. The zero-order valence-electron chi connectivity index (χ0n) is 15.3. The van der Waals surface area contributed by atoms with E-state index in [0.29, 0.717) is 18.7 Å². The maximum absolute atomic E-state index is 12.5. The van der Waals surface area contributed by atoms with Crippen molar-refractivity contribution in [1.82, 2.24) is 10.2 Å². The molecule has 26 heavy (non-hydrogen) atoms. The number of halogens is 1. The average molecular weight is 374 g/mol. The Kier molecular flexibility index (Phi) is 7.64. The average Bonchev–Trinajstić information content (AvgIpc) is 3.17. The Morgan fingerprint density at radius 3 is 2.27 bits per heavy atom. The molecule has 0 aromatic heterocycles. The highest BCUT2D eigenvalue weighted by Crippen LogP contribution is 2.25. The van der Waals surface area contributed by atoms with Gasteiger partial charge in [-0.15, -0.1) is 12.4 Å². The summed E-state index contributed by atoms with van der Waals surface area (Å²) in [4.78, 5) is 15.0. The molecule has 1 saturated heterocycles. The molecule has 1 fully saturated rings. The summed E-state index contributed by atoms with van der Waals surface area (Å²) in [5, 5.41) is 3.11. The van der Waals surface area contributed by atoms with E-state index in [1.807, 2.05) is 24.3 Å². The Morgan fingerprint density at radius 1 is 1.08 bits per heavy atom. The fourth-order valence-electron chi connectivity index (χ4n) is 3.38. The second-order valence-corrected chi connectivity index (χ2v) is 6.78. The lowest BCUT2D eigenvalue weighted by Crippen LogP contribution is -2.36. The second-order valence-electron chi connectivity index (χ2n) is 6.78. The number of hydrogen-bond acceptors (Lipinski definition) is 3. The van der Waals surface area contributed by atoms with Crippen molar-refractivity contribution in [2.24, 2.45) is 5.73 Å². The molecule has 0 bridgehead atoms. The minimum Gasteiger partial charge on any atom is -0.350 e. The van der Waals surface area contributed by atoms with E-state index in [0.717, 1.165) is 18.7 Å². The van der Waals surface area contributed by atoms with Crippen LogP contribution in [0, 0.1) is 6.92 Å². The van der Waals surface area contributed by atoms with E-state index in [1.165, 1.54) is 24.0 Å². The summed E-state index contributed by atoms with van der Waals surface area (Å²) in [7, 11) is 0. The SMILES string of the molecule is Cc1ccc(C(CNC(=O)c2ccc(CN)cc2)N2CCCC2)cc1.Cl. The van der Waals surface area contributed by atoms with E-state index in [4.69, 9.17) is 5.73 Å². The molecule has 1 amide bonds. The summed E-state index contributed by atoms with van der Waals surface area (Å²) in [5.41, 5.74) is 9.86. The third-order valence-corrected chi connectivity index (χ3v) is 4.95. The van der Waals surface area contributed by atoms with Crippen LogP contribution >= 0.6 is 12.4 Å². The first-order chi connectivity index (χ1) is 12.2. The highest BCUT2D eigenvalue weighted by molar-refractivity contribution is 5.94. The Balaban J connectivity index is 0.00000243. The summed E-state index contributed by atoms with van der Waals surface area (Å²) >= 11 is 0. The normalized spacial score (nSPS) is 15.3. The predicted molar refractivity (Wildman–Crippen MR) is 109 cm³/mol. The summed E-state index contributed by atoms with van der Waals surface area (Å²) in [6.45, 7) is 5.41. The van der Waals surface area contributed by atoms with Crippen LogP contribution in [0.25, 0.3) is 0 Å². The molecule has 3 rings (SSSR count). The van der Waals surface area contributed by atoms with Crippen molar-refractivity contribution in [3.8, 4) is 0 Å². The van der Waals surface area contributed by atoms with Gasteiger partial charge in [-0.3, -0.25) is 9.69 Å². The van der Waals surface area contributed by atoms with Gasteiger partial charge in [0.15, 0.2) is 0 Å². The van der Waals surface area contributed by atoms with Crippen LogP contribution in [-0.4, -0.2) is 30.4 Å². The van der Waals surface area contributed by atoms with Crippen LogP contribution in [0.1, 0.15) is 45.9 Å². The topological polar surface area (TPSA) is 58.4 Å². The molecule has 4 nitrogen and oxygen atoms in total. The van der Waals surface area contributed by atoms with Gasteiger partial charge >= 0.3 is 0 Å². The van der Waals surface area contributed by atoms with Crippen molar-refractivity contribution in [2.75, 3.05) is 19.6 Å². The maximum atomic E-state index is 12.5. The van der Waals surface area contributed by atoms with Crippen LogP contribution in [0.4, 0.5) is 0 Å². The van der Waals surface area contributed by atoms with Crippen LogP contribution in [0.3, 0.4) is 0 Å². The molecule has 0 radical (unpaired) electrons. The predicted octanol–water partition coefficient (Wildman–Crippen LogP) is 3.44. The molecule has 3 N–H and O–H groups in total. The quantitative estimate of drug-likeness (QED) is 0.815. The Bertz CT molecular complexity index is 694. The minimum atomic E-state index is -0.0279. The number of aryl methyl sites for hydroxylation is 1. The molecule has 1 heterocycles. The van der Waals surface area contributed by atoms with Crippen molar-refractivity contribution in [1.29, 1.82) is 0 Å². The fourth-order valence-corrected chi connectivity index (χ4v) is 3.38. The number of carbonyl (C=O) groups excluding carboxylic acids is 1.